The van der Waals surface area contributed by atoms with Crippen molar-refractivity contribution in [3.05, 3.63) is 76.8 Å². The number of carbonyl (C=O) groups is 1. The molecule has 0 saturated carbocycles. The normalized spacial score (nSPS) is 20.2. The zero-order chi connectivity index (χ0) is 15.7. The minimum Gasteiger partial charge on any atom is -0.426 e. The summed E-state index contributed by atoms with van der Waals surface area (Å²) in [4.78, 5) is 12.5. The van der Waals surface area contributed by atoms with Crippen LogP contribution in [0.25, 0.3) is 5.76 Å². The van der Waals surface area contributed by atoms with Crippen LogP contribution in [0.3, 0.4) is 0 Å². The summed E-state index contributed by atoms with van der Waals surface area (Å²) in [5, 5.41) is 0.659. The predicted molar refractivity (Wildman–Crippen MR) is 88.5 cm³/mol. The van der Waals surface area contributed by atoms with Gasteiger partial charge in [-0.25, -0.2) is 0 Å². The Morgan fingerprint density at radius 1 is 1.00 bits per heavy atom. The smallest absolute Gasteiger partial charge is 0.317 e. The summed E-state index contributed by atoms with van der Waals surface area (Å²) in [6, 6.07) is 17.3. The summed E-state index contributed by atoms with van der Waals surface area (Å²) >= 11 is 5.92. The van der Waals surface area contributed by atoms with E-state index in [1.165, 1.54) is 0 Å². The number of ether oxygens (including phenoxy) is 1. The highest BCUT2D eigenvalue weighted by Gasteiger charge is 2.42. The van der Waals surface area contributed by atoms with Gasteiger partial charge in [-0.1, -0.05) is 41.9 Å². The molecule has 0 saturated heterocycles. The average Bonchev–Trinajstić information content (AvgIpc) is 2.51. The van der Waals surface area contributed by atoms with Gasteiger partial charge in [-0.3, -0.25) is 4.79 Å². The van der Waals surface area contributed by atoms with Crippen molar-refractivity contribution < 1.29 is 9.53 Å². The van der Waals surface area contributed by atoms with Crippen molar-refractivity contribution in [3.63, 3.8) is 0 Å². The lowest BCUT2D eigenvalue weighted by Crippen LogP contribution is -2.35. The molecule has 22 heavy (non-hydrogen) atoms. The average molecular weight is 313 g/mol. The Balaban J connectivity index is 2.07. The molecule has 1 unspecified atom stereocenters. The van der Waals surface area contributed by atoms with E-state index in [2.05, 4.69) is 0 Å². The van der Waals surface area contributed by atoms with E-state index >= 15 is 0 Å². The molecule has 2 nitrogen and oxygen atoms in total. The van der Waals surface area contributed by atoms with E-state index in [1.807, 2.05) is 62.4 Å². The van der Waals surface area contributed by atoms with Gasteiger partial charge in [-0.15, -0.1) is 0 Å². The highest BCUT2D eigenvalue weighted by molar-refractivity contribution is 6.30. The minimum atomic E-state index is -0.600. The summed E-state index contributed by atoms with van der Waals surface area (Å²) in [6.45, 7) is 3.84. The lowest BCUT2D eigenvalue weighted by Gasteiger charge is -2.35. The van der Waals surface area contributed by atoms with E-state index in [4.69, 9.17) is 16.3 Å². The molecule has 0 N–H and O–H groups in total. The second-order valence-corrected chi connectivity index (χ2v) is 6.47. The minimum absolute atomic E-state index is 0.0272. The third-order valence-corrected chi connectivity index (χ3v) is 4.36. The summed E-state index contributed by atoms with van der Waals surface area (Å²) in [7, 11) is 0. The van der Waals surface area contributed by atoms with Gasteiger partial charge in [0.1, 0.15) is 5.76 Å². The molecular formula is C19H17ClO2. The molecule has 1 atom stereocenters. The predicted octanol–water partition coefficient (Wildman–Crippen LogP) is 5.05. The largest absolute Gasteiger partial charge is 0.426 e. The van der Waals surface area contributed by atoms with Crippen molar-refractivity contribution in [1.82, 2.24) is 0 Å². The van der Waals surface area contributed by atoms with Crippen molar-refractivity contribution in [3.8, 4) is 0 Å². The maximum absolute atomic E-state index is 12.5. The second-order valence-electron chi connectivity index (χ2n) is 6.04. The molecule has 0 aromatic heterocycles. The fraction of sp³-hybridized carbons (Fsp3) is 0.211. The van der Waals surface area contributed by atoms with Gasteiger partial charge in [-0.2, -0.15) is 0 Å². The number of carbonyl (C=O) groups excluding carboxylic acids is 1. The Labute approximate surface area is 135 Å². The number of esters is 1. The Hall–Kier alpha value is -2.06. The van der Waals surface area contributed by atoms with Crippen molar-refractivity contribution in [2.75, 3.05) is 0 Å². The van der Waals surface area contributed by atoms with Gasteiger partial charge < -0.3 is 4.74 Å². The van der Waals surface area contributed by atoms with Crippen molar-refractivity contribution >= 4 is 23.3 Å². The first kappa shape index (κ1) is 14.9. The lowest BCUT2D eigenvalue weighted by molar-refractivity contribution is -0.148. The summed E-state index contributed by atoms with van der Waals surface area (Å²) in [5.41, 5.74) is 1.36. The molecule has 2 aromatic rings. The van der Waals surface area contributed by atoms with Crippen molar-refractivity contribution in [2.24, 2.45) is 5.41 Å². The maximum Gasteiger partial charge on any atom is 0.317 e. The van der Waals surface area contributed by atoms with Crippen molar-refractivity contribution in [2.45, 2.75) is 19.8 Å². The fourth-order valence-electron chi connectivity index (χ4n) is 2.69. The van der Waals surface area contributed by atoms with Crippen LogP contribution in [0, 0.1) is 5.41 Å². The first-order valence-corrected chi connectivity index (χ1v) is 7.61. The highest BCUT2D eigenvalue weighted by atomic mass is 35.5. The van der Waals surface area contributed by atoms with Crippen LogP contribution in [0.1, 0.15) is 30.9 Å². The van der Waals surface area contributed by atoms with Gasteiger partial charge in [-0.05, 0) is 49.8 Å². The van der Waals surface area contributed by atoms with Gasteiger partial charge >= 0.3 is 5.97 Å². The Kier molecular flexibility index (Phi) is 3.79. The van der Waals surface area contributed by atoms with E-state index < -0.39 is 5.41 Å². The van der Waals surface area contributed by atoms with Crippen LogP contribution in [0.5, 0.6) is 0 Å². The van der Waals surface area contributed by atoms with E-state index in [0.29, 0.717) is 10.8 Å². The standard InChI is InChI=1S/C19H17ClO2/c1-19(2)16(13-6-4-3-5-7-13)12-17(22-18(19)21)14-8-10-15(20)11-9-14/h3-12,16H,1-2H3. The molecule has 0 fully saturated rings. The number of hydrogen-bond acceptors (Lipinski definition) is 2. The highest BCUT2D eigenvalue weighted by Crippen LogP contribution is 2.44. The Morgan fingerprint density at radius 3 is 2.27 bits per heavy atom. The number of halogens is 1. The van der Waals surface area contributed by atoms with Crippen LogP contribution in [0.2, 0.25) is 5.02 Å². The number of rotatable bonds is 2. The van der Waals surface area contributed by atoms with Crippen molar-refractivity contribution in [1.29, 1.82) is 0 Å². The van der Waals surface area contributed by atoms with Crippen LogP contribution in [-0.2, 0) is 9.53 Å². The second kappa shape index (κ2) is 5.62. The van der Waals surface area contributed by atoms with Crippen LogP contribution in [0.4, 0.5) is 0 Å². The molecule has 0 amide bonds. The van der Waals surface area contributed by atoms with Gasteiger partial charge in [0, 0.05) is 16.5 Å². The topological polar surface area (TPSA) is 26.3 Å². The quantitative estimate of drug-likeness (QED) is 0.725. The number of hydrogen-bond donors (Lipinski definition) is 0. The Morgan fingerprint density at radius 2 is 1.64 bits per heavy atom. The monoisotopic (exact) mass is 312 g/mol. The third-order valence-electron chi connectivity index (χ3n) is 4.11. The third kappa shape index (κ3) is 2.67. The zero-order valence-electron chi connectivity index (χ0n) is 12.5. The molecule has 1 heterocycles. The number of benzene rings is 2. The summed E-state index contributed by atoms with van der Waals surface area (Å²) in [6.07, 6.45) is 2.03. The zero-order valence-corrected chi connectivity index (χ0v) is 13.3. The summed E-state index contributed by atoms with van der Waals surface area (Å²) in [5.74, 6) is 0.351. The van der Waals surface area contributed by atoms with E-state index in [1.54, 1.807) is 12.1 Å². The molecule has 0 bridgehead atoms. The van der Waals surface area contributed by atoms with E-state index in [0.717, 1.165) is 11.1 Å². The van der Waals surface area contributed by atoms with Gasteiger partial charge in [0.25, 0.3) is 0 Å². The summed E-state index contributed by atoms with van der Waals surface area (Å²) < 4.78 is 5.56. The van der Waals surface area contributed by atoms with E-state index in [-0.39, 0.29) is 11.9 Å². The molecule has 1 aliphatic rings. The molecule has 0 radical (unpaired) electrons. The molecule has 3 rings (SSSR count). The number of allylic oxidation sites excluding steroid dienone is 1. The molecule has 0 spiro atoms. The molecule has 0 aliphatic carbocycles. The van der Waals surface area contributed by atoms with Crippen LogP contribution < -0.4 is 0 Å². The molecule has 3 heteroatoms. The van der Waals surface area contributed by atoms with Crippen LogP contribution in [0.15, 0.2) is 60.7 Å². The molecular weight excluding hydrogens is 296 g/mol. The molecule has 1 aliphatic heterocycles. The van der Waals surface area contributed by atoms with Gasteiger partial charge in [0.05, 0.1) is 5.41 Å². The Bertz CT molecular complexity index is 715. The maximum atomic E-state index is 12.5. The first-order chi connectivity index (χ1) is 10.5. The van der Waals surface area contributed by atoms with Gasteiger partial charge in [0.15, 0.2) is 0 Å². The van der Waals surface area contributed by atoms with Crippen LogP contribution >= 0.6 is 11.6 Å². The van der Waals surface area contributed by atoms with Crippen LogP contribution in [-0.4, -0.2) is 5.97 Å². The first-order valence-electron chi connectivity index (χ1n) is 7.23. The van der Waals surface area contributed by atoms with Gasteiger partial charge in [0.2, 0.25) is 0 Å². The number of cyclic esters (lactones) is 1. The fourth-order valence-corrected chi connectivity index (χ4v) is 2.82. The van der Waals surface area contributed by atoms with E-state index in [9.17, 15) is 4.79 Å². The lowest BCUT2D eigenvalue weighted by atomic mass is 9.73. The molecule has 2 aromatic carbocycles. The molecule has 112 valence electrons. The SMILES string of the molecule is CC1(C)C(=O)OC(c2ccc(Cl)cc2)=CC1c1ccccc1.